The Bertz CT molecular complexity index is 639. The van der Waals surface area contributed by atoms with Gasteiger partial charge in [0.25, 0.3) is 0 Å². The Kier molecular flexibility index (Phi) is 14.3. The Morgan fingerprint density at radius 3 is 1.80 bits per heavy atom. The van der Waals surface area contributed by atoms with Crippen molar-refractivity contribution in [3.63, 3.8) is 0 Å². The molecule has 0 unspecified atom stereocenters. The second kappa shape index (κ2) is 14.9. The van der Waals surface area contributed by atoms with Gasteiger partial charge in [0.1, 0.15) is 0 Å². The van der Waals surface area contributed by atoms with Crippen LogP contribution < -0.4 is 0 Å². The number of halogens is 8. The monoisotopic (exact) mass is 530 g/mol. The van der Waals surface area contributed by atoms with Crippen LogP contribution >= 0.6 is 0 Å². The molecule has 0 heterocycles. The van der Waals surface area contributed by atoms with E-state index in [1.54, 1.807) is 0 Å². The number of alkyl halides is 8. The Morgan fingerprint density at radius 2 is 1.31 bits per heavy atom. The van der Waals surface area contributed by atoms with Crippen LogP contribution in [0.15, 0.2) is 12.2 Å². The highest BCUT2D eigenvalue weighted by molar-refractivity contribution is 5.87. The maximum absolute atomic E-state index is 13.9. The fourth-order valence-electron chi connectivity index (χ4n) is 2.86. The Balaban J connectivity index is 4.76. The molecule has 35 heavy (non-hydrogen) atoms. The zero-order valence-corrected chi connectivity index (χ0v) is 19.6. The maximum atomic E-state index is 13.9. The molecule has 0 atom stereocenters. The van der Waals surface area contributed by atoms with E-state index < -0.39 is 87.7 Å². The lowest BCUT2D eigenvalue weighted by molar-refractivity contribution is -0.368. The molecule has 0 saturated heterocycles. The minimum absolute atomic E-state index is 0.0760. The number of aliphatic hydroxyl groups excluding tert-OH is 2. The van der Waals surface area contributed by atoms with Gasteiger partial charge in [-0.3, -0.25) is 0 Å². The number of rotatable bonds is 20. The lowest BCUT2D eigenvalue weighted by Crippen LogP contribution is -2.62. The molecule has 0 aromatic rings. The molecule has 0 amide bonds. The summed E-state index contributed by atoms with van der Waals surface area (Å²) in [6.07, 6.45) is -3.27. The molecule has 0 spiro atoms. The van der Waals surface area contributed by atoms with Crippen LogP contribution in [0.25, 0.3) is 0 Å². The van der Waals surface area contributed by atoms with Crippen molar-refractivity contribution in [2.24, 2.45) is 5.92 Å². The highest BCUT2D eigenvalue weighted by Gasteiger charge is 2.79. The van der Waals surface area contributed by atoms with Gasteiger partial charge >= 0.3 is 29.7 Å². The molecule has 0 radical (unpaired) electrons. The van der Waals surface area contributed by atoms with Gasteiger partial charge in [-0.1, -0.05) is 39.2 Å². The largest absolute Gasteiger partial charge is 0.462 e. The molecule has 0 aromatic carbocycles. The van der Waals surface area contributed by atoms with Gasteiger partial charge in [-0.15, -0.1) is 0 Å². The quantitative estimate of drug-likeness (QED) is 0.0957. The molecule has 0 aliphatic rings. The molecule has 208 valence electrons. The first-order valence-corrected chi connectivity index (χ1v) is 11.3. The van der Waals surface area contributed by atoms with Crippen LogP contribution in [0.4, 0.5) is 35.1 Å². The number of esters is 1. The van der Waals surface area contributed by atoms with Gasteiger partial charge in [0.05, 0.1) is 38.6 Å². The van der Waals surface area contributed by atoms with Gasteiger partial charge < -0.3 is 19.7 Å². The van der Waals surface area contributed by atoms with E-state index >= 15 is 0 Å². The SMILES string of the molecule is C=C(COCC(CO)CO)C(=O)OCCCC(F)(F)C(F)(F)C(F)(F)C(F)(F)CCCCCCC. The van der Waals surface area contributed by atoms with Crippen LogP contribution in [0.5, 0.6) is 0 Å². The summed E-state index contributed by atoms with van der Waals surface area (Å²) in [4.78, 5) is 11.7. The highest BCUT2D eigenvalue weighted by Crippen LogP contribution is 2.55. The third kappa shape index (κ3) is 9.83. The molecule has 0 fully saturated rings. The van der Waals surface area contributed by atoms with Crippen molar-refractivity contribution < 1.29 is 59.6 Å². The molecular weight excluding hydrogens is 496 g/mol. The molecule has 13 heteroatoms. The van der Waals surface area contributed by atoms with Crippen LogP contribution in [0.1, 0.15) is 58.3 Å². The van der Waals surface area contributed by atoms with E-state index in [9.17, 15) is 39.9 Å². The van der Waals surface area contributed by atoms with Gasteiger partial charge in [0.2, 0.25) is 0 Å². The molecular formula is C22H34F8O5. The fourth-order valence-corrected chi connectivity index (χ4v) is 2.86. The standard InChI is InChI=1S/C22H34F8O5/c1-3-4-5-6-7-9-19(23,24)21(27,28)22(29,30)20(25,26)10-8-11-35-18(33)16(2)14-34-15-17(12-31)13-32/h17,31-32H,2-15H2,1H3. The van der Waals surface area contributed by atoms with Crippen molar-refractivity contribution in [1.29, 1.82) is 0 Å². The third-order valence-electron chi connectivity index (χ3n) is 5.21. The van der Waals surface area contributed by atoms with E-state index in [0.717, 1.165) is 6.42 Å². The average molecular weight is 530 g/mol. The van der Waals surface area contributed by atoms with Gasteiger partial charge in [-0.05, 0) is 12.8 Å². The summed E-state index contributed by atoms with van der Waals surface area (Å²) in [7, 11) is 0. The smallest absolute Gasteiger partial charge is 0.378 e. The Morgan fingerprint density at radius 1 is 0.829 bits per heavy atom. The summed E-state index contributed by atoms with van der Waals surface area (Å²) in [5.41, 5.74) is -0.304. The predicted molar refractivity (Wildman–Crippen MR) is 111 cm³/mol. The predicted octanol–water partition coefficient (Wildman–Crippen LogP) is 5.39. The van der Waals surface area contributed by atoms with Crippen LogP contribution in [-0.4, -0.2) is 72.9 Å². The van der Waals surface area contributed by atoms with E-state index in [1.165, 1.54) is 0 Å². The number of hydrogen-bond acceptors (Lipinski definition) is 5. The molecule has 0 aliphatic heterocycles. The van der Waals surface area contributed by atoms with E-state index in [-0.39, 0.29) is 18.6 Å². The van der Waals surface area contributed by atoms with E-state index in [4.69, 9.17) is 14.9 Å². The minimum Gasteiger partial charge on any atom is -0.462 e. The van der Waals surface area contributed by atoms with Crippen molar-refractivity contribution >= 4 is 5.97 Å². The van der Waals surface area contributed by atoms with Crippen molar-refractivity contribution in [3.8, 4) is 0 Å². The van der Waals surface area contributed by atoms with Crippen molar-refractivity contribution in [1.82, 2.24) is 0 Å². The lowest BCUT2D eigenvalue weighted by atomic mass is 9.92. The summed E-state index contributed by atoms with van der Waals surface area (Å²) in [5, 5.41) is 17.7. The molecule has 0 bridgehead atoms. The molecule has 0 aromatic heterocycles. The second-order valence-corrected chi connectivity index (χ2v) is 8.31. The normalized spacial score (nSPS) is 13.4. The fraction of sp³-hybridized carbons (Fsp3) is 0.864. The number of carbonyl (C=O) groups excluding carboxylic acids is 1. The topological polar surface area (TPSA) is 76.0 Å². The Labute approximate surface area is 199 Å². The number of aliphatic hydroxyl groups is 2. The first-order valence-electron chi connectivity index (χ1n) is 11.3. The average Bonchev–Trinajstić information content (AvgIpc) is 2.78. The van der Waals surface area contributed by atoms with Crippen molar-refractivity contribution in [2.75, 3.05) is 33.0 Å². The lowest BCUT2D eigenvalue weighted by Gasteiger charge is -2.37. The van der Waals surface area contributed by atoms with Crippen LogP contribution in [0, 0.1) is 5.92 Å². The van der Waals surface area contributed by atoms with E-state index in [1.807, 2.05) is 6.92 Å². The highest BCUT2D eigenvalue weighted by atomic mass is 19.4. The van der Waals surface area contributed by atoms with Crippen LogP contribution in [0.3, 0.4) is 0 Å². The molecule has 5 nitrogen and oxygen atoms in total. The maximum Gasteiger partial charge on any atom is 0.378 e. The summed E-state index contributed by atoms with van der Waals surface area (Å²) in [5.74, 6) is -25.2. The summed E-state index contributed by atoms with van der Waals surface area (Å²) < 4.78 is 121. The number of hydrogen-bond donors (Lipinski definition) is 2. The third-order valence-corrected chi connectivity index (χ3v) is 5.21. The number of ether oxygens (including phenoxy) is 2. The zero-order valence-electron chi connectivity index (χ0n) is 19.6. The summed E-state index contributed by atoms with van der Waals surface area (Å²) in [6, 6.07) is 0. The first kappa shape index (κ1) is 33.5. The van der Waals surface area contributed by atoms with Crippen molar-refractivity contribution in [2.45, 2.75) is 82.0 Å². The van der Waals surface area contributed by atoms with Crippen molar-refractivity contribution in [3.05, 3.63) is 12.2 Å². The van der Waals surface area contributed by atoms with Gasteiger partial charge in [0.15, 0.2) is 0 Å². The molecule has 0 saturated carbocycles. The van der Waals surface area contributed by atoms with Gasteiger partial charge in [-0.2, -0.15) is 35.1 Å². The number of unbranched alkanes of at least 4 members (excludes halogenated alkanes) is 4. The van der Waals surface area contributed by atoms with Gasteiger partial charge in [-0.25, -0.2) is 4.79 Å². The van der Waals surface area contributed by atoms with E-state index in [0.29, 0.717) is 12.8 Å². The Hall–Kier alpha value is -1.47. The summed E-state index contributed by atoms with van der Waals surface area (Å²) >= 11 is 0. The minimum atomic E-state index is -6.34. The molecule has 2 N–H and O–H groups in total. The molecule has 0 aliphatic carbocycles. The summed E-state index contributed by atoms with van der Waals surface area (Å²) in [6.45, 7) is 2.88. The second-order valence-electron chi connectivity index (χ2n) is 8.31. The van der Waals surface area contributed by atoms with Crippen LogP contribution in [0.2, 0.25) is 0 Å². The van der Waals surface area contributed by atoms with Crippen LogP contribution in [-0.2, 0) is 14.3 Å². The first-order chi connectivity index (χ1) is 16.1. The van der Waals surface area contributed by atoms with Gasteiger partial charge in [0, 0.05) is 18.8 Å². The molecule has 0 rings (SSSR count). The number of carbonyl (C=O) groups is 1. The zero-order chi connectivity index (χ0) is 27.3. The van der Waals surface area contributed by atoms with E-state index in [2.05, 4.69) is 11.3 Å².